The van der Waals surface area contributed by atoms with Crippen molar-refractivity contribution in [1.82, 2.24) is 25.0 Å². The number of hydrogen-bond donors (Lipinski definition) is 1. The standard InChI is InChI=1S/C23H24ClN5O2S/c1-16(30)25-19-6-5-13-28(14-19)21(31)15-32-23-27-26-22(17-9-11-18(24)12-10-17)29(23)20-7-3-2-4-8-20/h2-4,7-12,19H,5-6,13-15H2,1H3,(H,25,30). The van der Waals surface area contributed by atoms with Gasteiger partial charge in [0.15, 0.2) is 11.0 Å². The fraction of sp³-hybridized carbons (Fsp3) is 0.304. The third kappa shape index (κ3) is 5.31. The van der Waals surface area contributed by atoms with E-state index in [2.05, 4.69) is 15.5 Å². The van der Waals surface area contributed by atoms with Gasteiger partial charge in [-0.3, -0.25) is 14.2 Å². The lowest BCUT2D eigenvalue weighted by Crippen LogP contribution is -2.49. The molecule has 1 unspecified atom stereocenters. The predicted octanol–water partition coefficient (Wildman–Crippen LogP) is 3.81. The second-order valence-electron chi connectivity index (χ2n) is 7.65. The molecule has 1 aromatic heterocycles. The normalized spacial score (nSPS) is 16.1. The monoisotopic (exact) mass is 469 g/mol. The van der Waals surface area contributed by atoms with Crippen LogP contribution in [0.25, 0.3) is 17.1 Å². The molecule has 2 heterocycles. The lowest BCUT2D eigenvalue weighted by molar-refractivity contribution is -0.130. The van der Waals surface area contributed by atoms with Crippen LogP contribution in [0.15, 0.2) is 59.8 Å². The molecule has 32 heavy (non-hydrogen) atoms. The molecular weight excluding hydrogens is 446 g/mol. The Bertz CT molecular complexity index is 1090. The van der Waals surface area contributed by atoms with E-state index in [4.69, 9.17) is 11.6 Å². The number of likely N-dealkylation sites (tertiary alicyclic amines) is 1. The van der Waals surface area contributed by atoms with E-state index in [1.807, 2.05) is 64.1 Å². The molecular formula is C23H24ClN5O2S. The smallest absolute Gasteiger partial charge is 0.233 e. The molecule has 0 saturated carbocycles. The lowest BCUT2D eigenvalue weighted by atomic mass is 10.1. The van der Waals surface area contributed by atoms with Crippen LogP contribution in [0.4, 0.5) is 0 Å². The number of thioether (sulfide) groups is 1. The van der Waals surface area contributed by atoms with Crippen LogP contribution in [0.2, 0.25) is 5.02 Å². The van der Waals surface area contributed by atoms with Crippen molar-refractivity contribution < 1.29 is 9.59 Å². The van der Waals surface area contributed by atoms with Gasteiger partial charge in [-0.25, -0.2) is 0 Å². The van der Waals surface area contributed by atoms with Gasteiger partial charge >= 0.3 is 0 Å². The number of halogens is 1. The van der Waals surface area contributed by atoms with Gasteiger partial charge in [0.25, 0.3) is 0 Å². The maximum atomic E-state index is 12.9. The van der Waals surface area contributed by atoms with E-state index in [0.29, 0.717) is 29.1 Å². The van der Waals surface area contributed by atoms with Crippen molar-refractivity contribution in [2.24, 2.45) is 0 Å². The Labute approximate surface area is 196 Å². The zero-order chi connectivity index (χ0) is 22.5. The van der Waals surface area contributed by atoms with Crippen LogP contribution in [0, 0.1) is 0 Å². The molecule has 2 aromatic carbocycles. The van der Waals surface area contributed by atoms with Crippen molar-refractivity contribution >= 4 is 35.2 Å². The quantitative estimate of drug-likeness (QED) is 0.555. The molecule has 1 N–H and O–H groups in total. The highest BCUT2D eigenvalue weighted by molar-refractivity contribution is 7.99. The Morgan fingerprint density at radius 3 is 2.59 bits per heavy atom. The van der Waals surface area contributed by atoms with Crippen molar-refractivity contribution in [2.45, 2.75) is 31.0 Å². The minimum atomic E-state index is -0.0654. The molecule has 7 nitrogen and oxygen atoms in total. The summed E-state index contributed by atoms with van der Waals surface area (Å²) in [5.41, 5.74) is 1.80. The number of piperidine rings is 1. The largest absolute Gasteiger partial charge is 0.352 e. The number of para-hydroxylation sites is 1. The second kappa shape index (κ2) is 10.2. The van der Waals surface area contributed by atoms with Crippen LogP contribution in [0.3, 0.4) is 0 Å². The van der Waals surface area contributed by atoms with Crippen LogP contribution in [0.5, 0.6) is 0 Å². The number of carbonyl (C=O) groups excluding carboxylic acids is 2. The van der Waals surface area contributed by atoms with E-state index in [-0.39, 0.29) is 23.6 Å². The van der Waals surface area contributed by atoms with Crippen LogP contribution in [-0.4, -0.2) is 56.4 Å². The van der Waals surface area contributed by atoms with E-state index < -0.39 is 0 Å². The van der Waals surface area contributed by atoms with Gasteiger partial charge in [-0.2, -0.15) is 0 Å². The molecule has 1 aliphatic rings. The van der Waals surface area contributed by atoms with Crippen LogP contribution < -0.4 is 5.32 Å². The van der Waals surface area contributed by atoms with Gasteiger partial charge in [-0.15, -0.1) is 10.2 Å². The van der Waals surface area contributed by atoms with Gasteiger partial charge in [0.05, 0.1) is 5.75 Å². The van der Waals surface area contributed by atoms with Gasteiger partial charge in [0.2, 0.25) is 11.8 Å². The number of carbonyl (C=O) groups is 2. The first kappa shape index (κ1) is 22.4. The van der Waals surface area contributed by atoms with Crippen molar-refractivity contribution in [3.63, 3.8) is 0 Å². The average molecular weight is 470 g/mol. The van der Waals surface area contributed by atoms with Crippen molar-refractivity contribution in [3.8, 4) is 17.1 Å². The summed E-state index contributed by atoms with van der Waals surface area (Å²) in [7, 11) is 0. The number of benzene rings is 2. The third-order valence-corrected chi connectivity index (χ3v) is 6.42. The highest BCUT2D eigenvalue weighted by atomic mass is 35.5. The first-order valence-corrected chi connectivity index (χ1v) is 11.8. The Balaban J connectivity index is 1.53. The summed E-state index contributed by atoms with van der Waals surface area (Å²) in [4.78, 5) is 26.1. The van der Waals surface area contributed by atoms with E-state index >= 15 is 0 Å². The molecule has 166 valence electrons. The second-order valence-corrected chi connectivity index (χ2v) is 9.03. The lowest BCUT2D eigenvalue weighted by Gasteiger charge is -2.33. The molecule has 1 atom stereocenters. The first-order chi connectivity index (χ1) is 15.5. The van der Waals surface area contributed by atoms with E-state index in [0.717, 1.165) is 24.1 Å². The zero-order valence-electron chi connectivity index (χ0n) is 17.7. The topological polar surface area (TPSA) is 80.1 Å². The zero-order valence-corrected chi connectivity index (χ0v) is 19.3. The maximum absolute atomic E-state index is 12.9. The molecule has 0 spiro atoms. The van der Waals surface area contributed by atoms with Crippen LogP contribution in [-0.2, 0) is 9.59 Å². The SMILES string of the molecule is CC(=O)NC1CCCN(C(=O)CSc2nnc(-c3ccc(Cl)cc3)n2-c2ccccc2)C1. The molecule has 9 heteroatoms. The highest BCUT2D eigenvalue weighted by Crippen LogP contribution is 2.29. The minimum absolute atomic E-state index is 0.0136. The van der Waals surface area contributed by atoms with E-state index in [1.165, 1.54) is 18.7 Å². The molecule has 2 amide bonds. The average Bonchev–Trinajstić information content (AvgIpc) is 3.22. The van der Waals surface area contributed by atoms with Crippen LogP contribution in [0.1, 0.15) is 19.8 Å². The molecule has 1 fully saturated rings. The highest BCUT2D eigenvalue weighted by Gasteiger charge is 2.25. The van der Waals surface area contributed by atoms with Crippen LogP contribution >= 0.6 is 23.4 Å². The summed E-state index contributed by atoms with van der Waals surface area (Å²) < 4.78 is 1.96. The fourth-order valence-electron chi connectivity index (χ4n) is 3.79. The summed E-state index contributed by atoms with van der Waals surface area (Å²) in [6, 6.07) is 17.3. The van der Waals surface area contributed by atoms with Crippen molar-refractivity contribution in [2.75, 3.05) is 18.8 Å². The molecule has 4 rings (SSSR count). The number of rotatable bonds is 6. The van der Waals surface area contributed by atoms with Crippen molar-refractivity contribution in [3.05, 3.63) is 59.6 Å². The number of nitrogens with zero attached hydrogens (tertiary/aromatic N) is 4. The van der Waals surface area contributed by atoms with Crippen molar-refractivity contribution in [1.29, 1.82) is 0 Å². The molecule has 1 saturated heterocycles. The van der Waals surface area contributed by atoms with E-state index in [9.17, 15) is 9.59 Å². The molecule has 0 aliphatic carbocycles. The third-order valence-electron chi connectivity index (χ3n) is 5.26. The first-order valence-electron chi connectivity index (χ1n) is 10.5. The summed E-state index contributed by atoms with van der Waals surface area (Å²) in [6.07, 6.45) is 1.77. The number of hydrogen-bond acceptors (Lipinski definition) is 5. The Morgan fingerprint density at radius 2 is 1.88 bits per heavy atom. The van der Waals surface area contributed by atoms with Gasteiger partial charge < -0.3 is 10.2 Å². The molecule has 1 aliphatic heterocycles. The predicted molar refractivity (Wildman–Crippen MR) is 126 cm³/mol. The summed E-state index contributed by atoms with van der Waals surface area (Å²) in [5.74, 6) is 0.898. The Morgan fingerprint density at radius 1 is 1.12 bits per heavy atom. The minimum Gasteiger partial charge on any atom is -0.352 e. The Hall–Kier alpha value is -2.84. The number of nitrogens with one attached hydrogen (secondary N) is 1. The molecule has 3 aromatic rings. The number of aromatic nitrogens is 3. The maximum Gasteiger partial charge on any atom is 0.233 e. The Kier molecular flexibility index (Phi) is 7.12. The van der Waals surface area contributed by atoms with Gasteiger partial charge in [-0.1, -0.05) is 41.6 Å². The van der Waals surface area contributed by atoms with Gasteiger partial charge in [-0.05, 0) is 49.2 Å². The van der Waals surface area contributed by atoms with E-state index in [1.54, 1.807) is 0 Å². The summed E-state index contributed by atoms with van der Waals surface area (Å²) in [6.45, 7) is 2.75. The number of amides is 2. The fourth-order valence-corrected chi connectivity index (χ4v) is 4.77. The summed E-state index contributed by atoms with van der Waals surface area (Å²) >= 11 is 7.41. The molecule has 0 bridgehead atoms. The van der Waals surface area contributed by atoms with Gasteiger partial charge in [0, 0.05) is 42.3 Å². The summed E-state index contributed by atoms with van der Waals surface area (Å²) in [5, 5.41) is 13.0. The molecule has 0 radical (unpaired) electrons. The van der Waals surface area contributed by atoms with Gasteiger partial charge in [0.1, 0.15) is 0 Å².